The third-order valence-electron chi connectivity index (χ3n) is 4.23. The van der Waals surface area contributed by atoms with Gasteiger partial charge in [-0.05, 0) is 25.5 Å². The largest absolute Gasteiger partial charge is 0.356 e. The van der Waals surface area contributed by atoms with Crippen LogP contribution in [-0.2, 0) is 11.8 Å². The van der Waals surface area contributed by atoms with Crippen LogP contribution in [0, 0.1) is 0 Å². The monoisotopic (exact) mass is 482 g/mol. The lowest BCUT2D eigenvalue weighted by molar-refractivity contribution is 0.570. The van der Waals surface area contributed by atoms with Crippen molar-refractivity contribution in [2.75, 3.05) is 19.8 Å². The molecular formula is C17H31IN4S2. The van der Waals surface area contributed by atoms with Gasteiger partial charge in [0, 0.05) is 42.1 Å². The molecule has 24 heavy (non-hydrogen) atoms. The number of thioether (sulfide) groups is 1. The number of halogens is 1. The maximum atomic E-state index is 4.74. The Bertz CT molecular complexity index is 525. The predicted octanol–water partition coefficient (Wildman–Crippen LogP) is 4.05. The molecule has 1 aromatic rings. The zero-order chi connectivity index (χ0) is 16.9. The van der Waals surface area contributed by atoms with Crippen LogP contribution in [0.1, 0.15) is 50.7 Å². The molecule has 0 aromatic carbocycles. The van der Waals surface area contributed by atoms with Crippen molar-refractivity contribution in [3.8, 4) is 0 Å². The summed E-state index contributed by atoms with van der Waals surface area (Å²) in [6.07, 6.45) is 6.95. The van der Waals surface area contributed by atoms with Crippen molar-refractivity contribution in [1.82, 2.24) is 15.6 Å². The summed E-state index contributed by atoms with van der Waals surface area (Å²) < 4.78 is 0. The van der Waals surface area contributed by atoms with E-state index in [1.807, 2.05) is 18.8 Å². The third kappa shape index (κ3) is 6.71. The molecule has 0 aliphatic heterocycles. The molecule has 138 valence electrons. The van der Waals surface area contributed by atoms with Crippen LogP contribution in [-0.4, -0.2) is 42.1 Å². The Hall–Kier alpha value is -0.0200. The summed E-state index contributed by atoms with van der Waals surface area (Å²) in [6.45, 7) is 7.49. The first-order chi connectivity index (χ1) is 10.9. The lowest BCUT2D eigenvalue weighted by Crippen LogP contribution is -2.43. The number of thiazole rings is 1. The van der Waals surface area contributed by atoms with Crippen LogP contribution in [0.15, 0.2) is 10.4 Å². The van der Waals surface area contributed by atoms with E-state index in [-0.39, 0.29) is 29.4 Å². The number of rotatable bonds is 5. The highest BCUT2D eigenvalue weighted by molar-refractivity contribution is 14.0. The van der Waals surface area contributed by atoms with Gasteiger partial charge in [0.05, 0.1) is 10.7 Å². The Balaban J connectivity index is 0.00000288. The summed E-state index contributed by atoms with van der Waals surface area (Å²) in [7, 11) is 1.84. The van der Waals surface area contributed by atoms with E-state index in [1.165, 1.54) is 30.0 Å². The molecular weight excluding hydrogens is 451 g/mol. The lowest BCUT2D eigenvalue weighted by Gasteiger charge is -2.17. The number of hydrogen-bond donors (Lipinski definition) is 2. The number of guanidine groups is 1. The van der Waals surface area contributed by atoms with Crippen LogP contribution < -0.4 is 10.6 Å². The minimum absolute atomic E-state index is 0. The molecule has 1 aliphatic rings. The van der Waals surface area contributed by atoms with E-state index in [0.717, 1.165) is 24.2 Å². The van der Waals surface area contributed by atoms with E-state index < -0.39 is 0 Å². The van der Waals surface area contributed by atoms with Crippen LogP contribution in [0.25, 0.3) is 0 Å². The van der Waals surface area contributed by atoms with Crippen molar-refractivity contribution < 1.29 is 0 Å². The Morgan fingerprint density at radius 3 is 2.71 bits per heavy atom. The Morgan fingerprint density at radius 1 is 1.42 bits per heavy atom. The molecule has 7 heteroatoms. The maximum absolute atomic E-state index is 4.74. The molecule has 2 atom stereocenters. The quantitative estimate of drug-likeness (QED) is 0.378. The van der Waals surface area contributed by atoms with Crippen LogP contribution in [0.2, 0.25) is 0 Å². The average Bonchev–Trinajstić information content (AvgIpc) is 3.14. The summed E-state index contributed by atoms with van der Waals surface area (Å²) in [6, 6.07) is 0.561. The van der Waals surface area contributed by atoms with Gasteiger partial charge in [-0.1, -0.05) is 20.8 Å². The van der Waals surface area contributed by atoms with Crippen LogP contribution in [0.3, 0.4) is 0 Å². The standard InChI is InChI=1S/C17H30N4S2.HI/c1-17(2,3)14-11-23-15(21-14)8-9-19-16(18-4)20-12-6-7-13(10-12)22-5;/h11-13H,6-10H2,1-5H3,(H2,18,19,20);1H. The summed E-state index contributed by atoms with van der Waals surface area (Å²) in [5.41, 5.74) is 1.32. The van der Waals surface area contributed by atoms with Crippen molar-refractivity contribution in [2.24, 2.45) is 4.99 Å². The zero-order valence-electron chi connectivity index (χ0n) is 15.4. The Labute approximate surface area is 172 Å². The Kier molecular flexibility index (Phi) is 9.37. The van der Waals surface area contributed by atoms with Gasteiger partial charge in [-0.15, -0.1) is 35.3 Å². The van der Waals surface area contributed by atoms with E-state index in [4.69, 9.17) is 4.98 Å². The number of aliphatic imine (C=N–C) groups is 1. The number of nitrogens with zero attached hydrogens (tertiary/aromatic N) is 2. The molecule has 1 heterocycles. The maximum Gasteiger partial charge on any atom is 0.191 e. The smallest absolute Gasteiger partial charge is 0.191 e. The van der Waals surface area contributed by atoms with Gasteiger partial charge in [-0.25, -0.2) is 4.98 Å². The minimum atomic E-state index is 0. The van der Waals surface area contributed by atoms with Gasteiger partial charge in [0.2, 0.25) is 0 Å². The highest BCUT2D eigenvalue weighted by Crippen LogP contribution is 2.28. The zero-order valence-corrected chi connectivity index (χ0v) is 19.4. The molecule has 0 amide bonds. The highest BCUT2D eigenvalue weighted by atomic mass is 127. The molecule has 0 saturated heterocycles. The summed E-state index contributed by atoms with van der Waals surface area (Å²) in [4.78, 5) is 9.09. The topological polar surface area (TPSA) is 49.3 Å². The second-order valence-electron chi connectivity index (χ2n) is 7.14. The van der Waals surface area contributed by atoms with Gasteiger partial charge in [-0.2, -0.15) is 11.8 Å². The van der Waals surface area contributed by atoms with Gasteiger partial charge in [0.15, 0.2) is 5.96 Å². The first-order valence-electron chi connectivity index (χ1n) is 8.37. The third-order valence-corrected chi connectivity index (χ3v) is 6.24. The Morgan fingerprint density at radius 2 is 2.17 bits per heavy atom. The fraction of sp³-hybridized carbons (Fsp3) is 0.765. The molecule has 1 fully saturated rings. The predicted molar refractivity (Wildman–Crippen MR) is 119 cm³/mol. The summed E-state index contributed by atoms with van der Waals surface area (Å²) >= 11 is 3.74. The van der Waals surface area contributed by atoms with Crippen molar-refractivity contribution in [3.05, 3.63) is 16.1 Å². The van der Waals surface area contributed by atoms with E-state index in [2.05, 4.69) is 48.0 Å². The van der Waals surface area contributed by atoms with E-state index >= 15 is 0 Å². The molecule has 2 unspecified atom stereocenters. The number of aromatic nitrogens is 1. The second-order valence-corrected chi connectivity index (χ2v) is 9.22. The molecule has 0 bridgehead atoms. The highest BCUT2D eigenvalue weighted by Gasteiger charge is 2.24. The van der Waals surface area contributed by atoms with Crippen molar-refractivity contribution >= 4 is 53.0 Å². The van der Waals surface area contributed by atoms with Gasteiger partial charge in [-0.3, -0.25) is 4.99 Å². The van der Waals surface area contributed by atoms with Crippen molar-refractivity contribution in [2.45, 2.75) is 63.2 Å². The van der Waals surface area contributed by atoms with Crippen LogP contribution >= 0.6 is 47.1 Å². The first kappa shape index (κ1) is 22.0. The molecule has 2 N–H and O–H groups in total. The number of nitrogens with one attached hydrogen (secondary N) is 2. The van der Waals surface area contributed by atoms with E-state index in [1.54, 1.807) is 11.3 Å². The molecule has 1 saturated carbocycles. The average molecular weight is 483 g/mol. The fourth-order valence-electron chi connectivity index (χ4n) is 2.73. The fourth-order valence-corrected chi connectivity index (χ4v) is 4.55. The minimum Gasteiger partial charge on any atom is -0.356 e. The van der Waals surface area contributed by atoms with E-state index in [0.29, 0.717) is 6.04 Å². The molecule has 1 aliphatic carbocycles. The van der Waals surface area contributed by atoms with Crippen molar-refractivity contribution in [3.63, 3.8) is 0 Å². The van der Waals surface area contributed by atoms with Gasteiger partial charge in [0.1, 0.15) is 0 Å². The van der Waals surface area contributed by atoms with Crippen LogP contribution in [0.5, 0.6) is 0 Å². The van der Waals surface area contributed by atoms with Gasteiger partial charge >= 0.3 is 0 Å². The van der Waals surface area contributed by atoms with Gasteiger partial charge in [0.25, 0.3) is 0 Å². The van der Waals surface area contributed by atoms with Gasteiger partial charge < -0.3 is 10.6 Å². The summed E-state index contributed by atoms with van der Waals surface area (Å²) in [5.74, 6) is 0.921. The molecule has 2 rings (SSSR count). The number of hydrogen-bond acceptors (Lipinski definition) is 4. The SMILES string of the molecule is CN=C(NCCc1nc(C(C)(C)C)cs1)NC1CCC(SC)C1.I. The summed E-state index contributed by atoms with van der Waals surface area (Å²) in [5, 5.41) is 11.2. The lowest BCUT2D eigenvalue weighted by atomic mass is 9.93. The second kappa shape index (κ2) is 10.2. The van der Waals surface area contributed by atoms with Crippen LogP contribution in [0.4, 0.5) is 0 Å². The molecule has 0 radical (unpaired) electrons. The molecule has 1 aromatic heterocycles. The normalized spacial score (nSPS) is 21.5. The van der Waals surface area contributed by atoms with E-state index in [9.17, 15) is 0 Å². The van der Waals surface area contributed by atoms with Crippen molar-refractivity contribution in [1.29, 1.82) is 0 Å². The molecule has 4 nitrogen and oxygen atoms in total. The first-order valence-corrected chi connectivity index (χ1v) is 10.5. The molecule has 0 spiro atoms.